The molecule has 0 aliphatic heterocycles. The topological polar surface area (TPSA) is 57.7 Å². The van der Waals surface area contributed by atoms with E-state index in [1.807, 2.05) is 39.8 Å². The fourth-order valence-electron chi connectivity index (χ4n) is 2.11. The Morgan fingerprint density at radius 1 is 0.800 bits per heavy atom. The summed E-state index contributed by atoms with van der Waals surface area (Å²) >= 11 is 0. The monoisotopic (exact) mass is 340 g/mol. The van der Waals surface area contributed by atoms with Gasteiger partial charge in [-0.05, 0) is 38.1 Å². The summed E-state index contributed by atoms with van der Waals surface area (Å²) in [5.74, 6) is -0.905. The second kappa shape index (κ2) is 9.37. The lowest BCUT2D eigenvalue weighted by molar-refractivity contribution is -0.129. The Bertz CT molecular complexity index is 722. The first kappa shape index (κ1) is 20.1. The van der Waals surface area contributed by atoms with E-state index in [0.29, 0.717) is 11.4 Å². The largest absolute Gasteiger partial charge is 0.335 e. The number of benzene rings is 2. The van der Waals surface area contributed by atoms with Crippen LogP contribution in [-0.4, -0.2) is 25.3 Å². The summed E-state index contributed by atoms with van der Waals surface area (Å²) in [7, 11) is 1.56. The lowest BCUT2D eigenvalue weighted by Crippen LogP contribution is -2.45. The average Bonchev–Trinajstić information content (AvgIpc) is 2.64. The summed E-state index contributed by atoms with van der Waals surface area (Å²) in [4.78, 5) is 37.8. The Morgan fingerprint density at radius 2 is 1.20 bits per heavy atom. The van der Waals surface area contributed by atoms with Crippen molar-refractivity contribution in [3.05, 3.63) is 59.7 Å². The summed E-state index contributed by atoms with van der Waals surface area (Å²) < 4.78 is 0. The molecule has 3 amide bonds. The van der Waals surface area contributed by atoms with Crippen LogP contribution in [0.3, 0.4) is 0 Å². The molecular formula is C20H24N2O3. The zero-order valence-electron chi connectivity index (χ0n) is 15.3. The maximum Gasteiger partial charge on any atom is 0.335 e. The van der Waals surface area contributed by atoms with Crippen molar-refractivity contribution < 1.29 is 14.4 Å². The predicted octanol–water partition coefficient (Wildman–Crippen LogP) is 4.12. The molecular weight excluding hydrogens is 316 g/mol. The number of carbonyl (C=O) groups excluding carboxylic acids is 3. The van der Waals surface area contributed by atoms with Gasteiger partial charge in [0.1, 0.15) is 0 Å². The second-order valence-corrected chi connectivity index (χ2v) is 5.30. The SMILES string of the molecule is CC.Cc1ccc(N(C)C(=O)N(C(=O)C=O)c2ccc(C)cc2)cc1. The Labute approximate surface area is 148 Å². The Kier molecular flexibility index (Phi) is 7.53. The second-order valence-electron chi connectivity index (χ2n) is 5.30. The van der Waals surface area contributed by atoms with E-state index in [1.54, 1.807) is 43.4 Å². The van der Waals surface area contributed by atoms with Gasteiger partial charge in [-0.3, -0.25) is 14.5 Å². The standard InChI is InChI=1S/C18H18N2O3.C2H6/c1-13-4-8-15(9-5-13)19(3)18(23)20(17(22)12-21)16-10-6-14(2)7-11-16;1-2/h4-12H,1-3H3;1-2H3. The number of carbonyl (C=O) groups is 3. The maximum absolute atomic E-state index is 12.7. The lowest BCUT2D eigenvalue weighted by atomic mass is 10.2. The van der Waals surface area contributed by atoms with Gasteiger partial charge in [0.05, 0.1) is 5.69 Å². The van der Waals surface area contributed by atoms with Gasteiger partial charge in [-0.15, -0.1) is 0 Å². The first-order valence-corrected chi connectivity index (χ1v) is 8.14. The molecule has 2 aromatic carbocycles. The highest BCUT2D eigenvalue weighted by Crippen LogP contribution is 2.20. The van der Waals surface area contributed by atoms with Crippen LogP contribution >= 0.6 is 0 Å². The molecule has 0 radical (unpaired) electrons. The minimum atomic E-state index is -0.905. The van der Waals surface area contributed by atoms with Crippen molar-refractivity contribution in [1.82, 2.24) is 0 Å². The van der Waals surface area contributed by atoms with Gasteiger partial charge in [-0.2, -0.15) is 0 Å². The molecule has 5 heteroatoms. The number of hydrogen-bond donors (Lipinski definition) is 0. The van der Waals surface area contributed by atoms with E-state index < -0.39 is 11.9 Å². The van der Waals surface area contributed by atoms with Gasteiger partial charge in [-0.1, -0.05) is 49.2 Å². The summed E-state index contributed by atoms with van der Waals surface area (Å²) in [6, 6.07) is 13.6. The van der Waals surface area contributed by atoms with Crippen LogP contribution in [-0.2, 0) is 9.59 Å². The van der Waals surface area contributed by atoms with Crippen LogP contribution in [0.15, 0.2) is 48.5 Å². The molecule has 5 nitrogen and oxygen atoms in total. The molecule has 0 aliphatic carbocycles. The molecule has 2 rings (SSSR count). The third kappa shape index (κ3) is 5.01. The maximum atomic E-state index is 12.7. The molecule has 0 spiro atoms. The molecule has 0 saturated carbocycles. The molecule has 2 aromatic rings. The number of aldehydes is 1. The fraction of sp³-hybridized carbons (Fsp3) is 0.250. The molecule has 0 heterocycles. The van der Waals surface area contributed by atoms with Crippen LogP contribution in [0.4, 0.5) is 16.2 Å². The fourth-order valence-corrected chi connectivity index (χ4v) is 2.11. The first-order chi connectivity index (χ1) is 11.9. The molecule has 0 unspecified atom stereocenters. The van der Waals surface area contributed by atoms with Gasteiger partial charge in [0.25, 0.3) is 5.91 Å². The molecule has 0 aromatic heterocycles. The number of rotatable bonds is 3. The Hall–Kier alpha value is -2.95. The Balaban J connectivity index is 0.00000151. The summed E-state index contributed by atoms with van der Waals surface area (Å²) in [5.41, 5.74) is 3.05. The molecule has 0 atom stereocenters. The van der Waals surface area contributed by atoms with Crippen LogP contribution in [0.1, 0.15) is 25.0 Å². The van der Waals surface area contributed by atoms with Gasteiger partial charge in [-0.25, -0.2) is 9.69 Å². The molecule has 25 heavy (non-hydrogen) atoms. The highest BCUT2D eigenvalue weighted by Gasteiger charge is 2.26. The molecule has 0 saturated heterocycles. The number of urea groups is 1. The van der Waals surface area contributed by atoms with Crippen LogP contribution in [0.2, 0.25) is 0 Å². The normalized spacial score (nSPS) is 9.48. The van der Waals surface area contributed by atoms with Crippen molar-refractivity contribution in [2.24, 2.45) is 0 Å². The number of aryl methyl sites for hydroxylation is 2. The van der Waals surface area contributed by atoms with E-state index in [1.165, 1.54) is 4.90 Å². The van der Waals surface area contributed by atoms with E-state index >= 15 is 0 Å². The zero-order chi connectivity index (χ0) is 19.0. The van der Waals surface area contributed by atoms with E-state index in [-0.39, 0.29) is 6.29 Å². The van der Waals surface area contributed by atoms with Gasteiger partial charge in [0.15, 0.2) is 0 Å². The van der Waals surface area contributed by atoms with Crippen LogP contribution in [0, 0.1) is 13.8 Å². The highest BCUT2D eigenvalue weighted by atomic mass is 16.2. The average molecular weight is 340 g/mol. The van der Waals surface area contributed by atoms with E-state index in [2.05, 4.69) is 0 Å². The van der Waals surface area contributed by atoms with Gasteiger partial charge >= 0.3 is 6.03 Å². The van der Waals surface area contributed by atoms with E-state index in [9.17, 15) is 14.4 Å². The number of anilines is 2. The molecule has 132 valence electrons. The molecule has 0 bridgehead atoms. The van der Waals surface area contributed by atoms with Crippen molar-refractivity contribution in [3.8, 4) is 0 Å². The minimum Gasteiger partial charge on any atom is -0.297 e. The van der Waals surface area contributed by atoms with E-state index in [0.717, 1.165) is 16.0 Å². The summed E-state index contributed by atoms with van der Waals surface area (Å²) in [6.45, 7) is 7.84. The quantitative estimate of drug-likeness (QED) is 0.624. The molecule has 0 N–H and O–H groups in total. The summed E-state index contributed by atoms with van der Waals surface area (Å²) in [6.07, 6.45) is 0.140. The van der Waals surface area contributed by atoms with Crippen LogP contribution < -0.4 is 9.80 Å². The van der Waals surface area contributed by atoms with Crippen molar-refractivity contribution in [3.63, 3.8) is 0 Å². The van der Waals surface area contributed by atoms with Crippen molar-refractivity contribution in [2.45, 2.75) is 27.7 Å². The Morgan fingerprint density at radius 3 is 1.60 bits per heavy atom. The van der Waals surface area contributed by atoms with E-state index in [4.69, 9.17) is 0 Å². The van der Waals surface area contributed by atoms with Crippen LogP contribution in [0.25, 0.3) is 0 Å². The smallest absolute Gasteiger partial charge is 0.297 e. The van der Waals surface area contributed by atoms with Crippen molar-refractivity contribution in [1.29, 1.82) is 0 Å². The van der Waals surface area contributed by atoms with Crippen molar-refractivity contribution in [2.75, 3.05) is 16.8 Å². The number of hydrogen-bond acceptors (Lipinski definition) is 3. The number of amides is 3. The molecule has 0 fully saturated rings. The summed E-state index contributed by atoms with van der Waals surface area (Å²) in [5, 5.41) is 0. The first-order valence-electron chi connectivity index (χ1n) is 8.14. The zero-order valence-corrected chi connectivity index (χ0v) is 15.3. The number of imide groups is 1. The van der Waals surface area contributed by atoms with Crippen molar-refractivity contribution >= 4 is 29.6 Å². The third-order valence-corrected chi connectivity index (χ3v) is 3.51. The number of nitrogens with zero attached hydrogens (tertiary/aromatic N) is 2. The van der Waals surface area contributed by atoms with Gasteiger partial charge in [0, 0.05) is 12.7 Å². The van der Waals surface area contributed by atoms with Gasteiger partial charge in [0.2, 0.25) is 6.29 Å². The van der Waals surface area contributed by atoms with Gasteiger partial charge < -0.3 is 0 Å². The van der Waals surface area contributed by atoms with Crippen LogP contribution in [0.5, 0.6) is 0 Å². The lowest BCUT2D eigenvalue weighted by Gasteiger charge is -2.25. The third-order valence-electron chi connectivity index (χ3n) is 3.51. The predicted molar refractivity (Wildman–Crippen MR) is 101 cm³/mol. The minimum absolute atomic E-state index is 0.140. The highest BCUT2D eigenvalue weighted by molar-refractivity contribution is 6.38. The molecule has 0 aliphatic rings.